The Morgan fingerprint density at radius 3 is 0.528 bits per heavy atom. The molecule has 3 rings (SSSR count). The molecule has 0 radical (unpaired) electrons. The molecule has 0 aliphatic carbocycles. The second kappa shape index (κ2) is 8.25. The molecule has 0 aliphatic rings. The van der Waals surface area contributed by atoms with Crippen molar-refractivity contribution in [1.82, 2.24) is 0 Å². The van der Waals surface area contributed by atoms with E-state index in [1.165, 1.54) is 0 Å². The van der Waals surface area contributed by atoms with Crippen LogP contribution in [0.4, 0.5) is 70.1 Å². The normalized spacial score (nSPS) is 13.2. The van der Waals surface area contributed by atoms with Crippen molar-refractivity contribution < 1.29 is 70.1 Å². The van der Waals surface area contributed by atoms with Crippen molar-refractivity contribution in [2.75, 3.05) is 6.66 Å². The van der Waals surface area contributed by atoms with Gasteiger partial charge in [-0.1, -0.05) is 0 Å². The van der Waals surface area contributed by atoms with Crippen molar-refractivity contribution >= 4 is 22.8 Å². The number of rotatable bonds is 3. The summed E-state index contributed by atoms with van der Waals surface area (Å²) in [4.78, 5) is 0. The first-order chi connectivity index (χ1) is 16.3. The molecule has 0 fully saturated rings. The fourth-order valence-corrected chi connectivity index (χ4v) is 7.58. The van der Waals surface area contributed by atoms with Gasteiger partial charge < -0.3 is 0 Å². The number of hydrogen-bond donors (Lipinski definition) is 0. The first-order valence-corrected chi connectivity index (χ1v) is 11.2. The number of halogens is 16. The van der Waals surface area contributed by atoms with Crippen LogP contribution in [0.3, 0.4) is 0 Å². The number of benzene rings is 3. The summed E-state index contributed by atoms with van der Waals surface area (Å²) in [5, 5.41) is -9.74. The molecule has 0 unspecified atom stereocenters. The van der Waals surface area contributed by atoms with Crippen molar-refractivity contribution in [3.63, 3.8) is 0 Å². The molecule has 0 atom stereocenters. The summed E-state index contributed by atoms with van der Waals surface area (Å²) in [7, 11) is 0. The summed E-state index contributed by atoms with van der Waals surface area (Å²) in [5.74, 6) is -49.1. The van der Waals surface area contributed by atoms with Gasteiger partial charge in [-0.2, -0.15) is 0 Å². The Morgan fingerprint density at radius 2 is 0.389 bits per heavy atom. The minimum atomic E-state index is -8.62. The first-order valence-electron chi connectivity index (χ1n) is 8.62. The molecule has 3 aromatic rings. The Morgan fingerprint density at radius 1 is 0.278 bits per heavy atom. The molecule has 3 aromatic carbocycles. The molecular weight excluding hydrogens is 563 g/mol. The van der Waals surface area contributed by atoms with Gasteiger partial charge in [0, 0.05) is 0 Å². The van der Waals surface area contributed by atoms with Gasteiger partial charge in [-0.25, -0.2) is 0 Å². The van der Waals surface area contributed by atoms with Crippen molar-refractivity contribution in [2.24, 2.45) is 0 Å². The Bertz CT molecular complexity index is 1220. The topological polar surface area (TPSA) is 0 Å². The van der Waals surface area contributed by atoms with Crippen LogP contribution in [-0.4, -0.2) is 6.66 Å². The Labute approximate surface area is 187 Å². The Hall–Kier alpha value is -3.03. The average molecular weight is 566 g/mol. The summed E-state index contributed by atoms with van der Waals surface area (Å²) in [6.07, 6.45) is 0. The van der Waals surface area contributed by atoms with Crippen LogP contribution < -0.4 is 15.9 Å². The molecule has 0 N–H and O–H groups in total. The van der Waals surface area contributed by atoms with E-state index in [4.69, 9.17) is 0 Å². The Balaban J connectivity index is 2.88. The third-order valence-corrected chi connectivity index (χ3v) is 9.52. The van der Waals surface area contributed by atoms with Crippen molar-refractivity contribution in [3.05, 3.63) is 87.3 Å². The monoisotopic (exact) mass is 566 g/mol. The predicted molar refractivity (Wildman–Crippen MR) is 91.6 cm³/mol. The average Bonchev–Trinajstić information content (AvgIpc) is 2.81. The van der Waals surface area contributed by atoms with E-state index in [2.05, 4.69) is 0 Å². The Kier molecular flexibility index (Phi) is 6.31. The molecule has 0 nitrogen and oxygen atoms in total. The third-order valence-electron chi connectivity index (χ3n) is 5.16. The van der Waals surface area contributed by atoms with Gasteiger partial charge in [0.2, 0.25) is 0 Å². The van der Waals surface area contributed by atoms with E-state index in [0.717, 1.165) is 0 Å². The molecule has 0 saturated heterocycles. The SMILES string of the molecule is CP(F)(c1c(F)c(F)c(F)c(F)c1F)(c1c(F)c(F)c(F)c(F)c1F)c1c(F)c(F)c(F)c(F)c1F. The molecule has 196 valence electrons. The van der Waals surface area contributed by atoms with Crippen LogP contribution in [0.25, 0.3) is 0 Å². The van der Waals surface area contributed by atoms with Crippen LogP contribution in [0, 0.1) is 87.3 Å². The van der Waals surface area contributed by atoms with Crippen molar-refractivity contribution in [2.45, 2.75) is 0 Å². The molecule has 17 heteroatoms. The molecule has 0 amide bonds. The second-order valence-electron chi connectivity index (χ2n) is 7.18. The molecule has 0 bridgehead atoms. The fourth-order valence-electron chi connectivity index (χ4n) is 3.52. The minimum absolute atomic E-state index is 0.791. The van der Waals surface area contributed by atoms with Gasteiger partial charge in [0.05, 0.1) is 0 Å². The zero-order valence-corrected chi connectivity index (χ0v) is 17.4. The van der Waals surface area contributed by atoms with E-state index < -0.39 is 117 Å². The van der Waals surface area contributed by atoms with E-state index in [1.807, 2.05) is 0 Å². The van der Waals surface area contributed by atoms with Gasteiger partial charge in [-0.05, 0) is 0 Å². The standard InChI is InChI=1S/C19H3F16P/c1-36(35,17-11(29)5(23)2(20)6(24)12(17)30,18-13(31)7(25)3(21)8(26)14(18)32)19-15(33)9(27)4(22)10(28)16(19)34/h1H3. The molecule has 0 aromatic heterocycles. The van der Waals surface area contributed by atoms with Crippen LogP contribution in [0.2, 0.25) is 0 Å². The van der Waals surface area contributed by atoms with E-state index >= 15 is 4.20 Å². The van der Waals surface area contributed by atoms with Gasteiger partial charge in [0.15, 0.2) is 0 Å². The summed E-state index contributed by atoms with van der Waals surface area (Å²) in [6.45, 7) is -9.42. The summed E-state index contributed by atoms with van der Waals surface area (Å²) in [6, 6.07) is 0. The van der Waals surface area contributed by atoms with Gasteiger partial charge in [0.25, 0.3) is 0 Å². The van der Waals surface area contributed by atoms with E-state index in [0.29, 0.717) is 0 Å². The fraction of sp³-hybridized carbons (Fsp3) is 0.0526. The zero-order valence-electron chi connectivity index (χ0n) is 16.5. The quantitative estimate of drug-likeness (QED) is 0.155. The van der Waals surface area contributed by atoms with Crippen LogP contribution in [0.15, 0.2) is 0 Å². The van der Waals surface area contributed by atoms with Gasteiger partial charge in [-0.15, -0.1) is 0 Å². The van der Waals surface area contributed by atoms with Crippen LogP contribution >= 0.6 is 6.91 Å². The molecular formula is C19H3F16P. The summed E-state index contributed by atoms with van der Waals surface area (Å²) < 4.78 is 229. The van der Waals surface area contributed by atoms with Gasteiger partial charge in [-0.3, -0.25) is 0 Å². The third kappa shape index (κ3) is 3.22. The predicted octanol–water partition coefficient (Wildman–Crippen LogP) is 6.12. The van der Waals surface area contributed by atoms with E-state index in [9.17, 15) is 65.9 Å². The van der Waals surface area contributed by atoms with Crippen LogP contribution in [0.1, 0.15) is 0 Å². The maximum atomic E-state index is 17.0. The van der Waals surface area contributed by atoms with Crippen molar-refractivity contribution in [1.29, 1.82) is 0 Å². The summed E-state index contributed by atoms with van der Waals surface area (Å²) >= 11 is 0. The zero-order chi connectivity index (χ0) is 27.8. The van der Waals surface area contributed by atoms with E-state index in [-0.39, 0.29) is 0 Å². The van der Waals surface area contributed by atoms with Gasteiger partial charge in [0.1, 0.15) is 0 Å². The summed E-state index contributed by atoms with van der Waals surface area (Å²) in [5.41, 5.74) is 0. The molecule has 0 heterocycles. The van der Waals surface area contributed by atoms with Gasteiger partial charge >= 0.3 is 187 Å². The number of hydrogen-bond acceptors (Lipinski definition) is 0. The first kappa shape index (κ1) is 27.6. The maximum absolute atomic E-state index is 17.0. The molecule has 0 aliphatic heterocycles. The second-order valence-corrected chi connectivity index (χ2v) is 11.4. The molecule has 0 saturated carbocycles. The van der Waals surface area contributed by atoms with Crippen LogP contribution in [0.5, 0.6) is 0 Å². The molecule has 36 heavy (non-hydrogen) atoms. The van der Waals surface area contributed by atoms with E-state index in [1.54, 1.807) is 0 Å². The molecule has 0 spiro atoms. The van der Waals surface area contributed by atoms with Crippen LogP contribution in [-0.2, 0) is 0 Å². The van der Waals surface area contributed by atoms with Crippen molar-refractivity contribution in [3.8, 4) is 0 Å².